The minimum Gasteiger partial charge on any atom is -0.388 e. The van der Waals surface area contributed by atoms with Gasteiger partial charge < -0.3 is 10.8 Å². The van der Waals surface area contributed by atoms with Crippen LogP contribution < -0.4 is 5.73 Å². The molecule has 0 spiro atoms. The number of aliphatic hydroxyl groups excluding tert-OH is 1. The van der Waals surface area contributed by atoms with E-state index in [9.17, 15) is 5.11 Å². The lowest BCUT2D eigenvalue weighted by Crippen LogP contribution is -2.21. The molecule has 0 unspecified atom stereocenters. The Morgan fingerprint density at radius 1 is 1.00 bits per heavy atom. The number of rotatable bonds is 4. The van der Waals surface area contributed by atoms with Gasteiger partial charge in [0.1, 0.15) is 0 Å². The molecule has 0 aliphatic heterocycles. The fourth-order valence-corrected chi connectivity index (χ4v) is 3.01. The van der Waals surface area contributed by atoms with Crippen LogP contribution in [-0.2, 0) is 0 Å². The van der Waals surface area contributed by atoms with Gasteiger partial charge in [-0.05, 0) is 43.0 Å². The molecule has 0 aliphatic rings. The summed E-state index contributed by atoms with van der Waals surface area (Å²) in [4.78, 5) is 0. The summed E-state index contributed by atoms with van der Waals surface area (Å²) in [6.07, 6.45) is -0.567. The van der Waals surface area contributed by atoms with Crippen molar-refractivity contribution in [2.45, 2.75) is 32.8 Å². The molecule has 2 rings (SSSR count). The number of benzene rings is 2. The van der Waals surface area contributed by atoms with Crippen molar-refractivity contribution in [3.8, 4) is 0 Å². The molecule has 0 saturated heterocycles. The molecule has 0 aromatic heterocycles. The van der Waals surface area contributed by atoms with Crippen molar-refractivity contribution in [1.82, 2.24) is 0 Å². The highest BCUT2D eigenvalue weighted by molar-refractivity contribution is 5.41. The Labute approximate surface area is 121 Å². The Balaban J connectivity index is 2.42. The summed E-state index contributed by atoms with van der Waals surface area (Å²) < 4.78 is 0. The van der Waals surface area contributed by atoms with Crippen LogP contribution in [0.1, 0.15) is 39.8 Å². The smallest absolute Gasteiger partial charge is 0.0875 e. The molecule has 0 radical (unpaired) electrons. The van der Waals surface area contributed by atoms with E-state index < -0.39 is 6.10 Å². The fourth-order valence-electron chi connectivity index (χ4n) is 3.01. The van der Waals surface area contributed by atoms with Gasteiger partial charge in [-0.25, -0.2) is 0 Å². The van der Waals surface area contributed by atoms with Crippen LogP contribution in [0.5, 0.6) is 0 Å². The Kier molecular flexibility index (Phi) is 4.58. The van der Waals surface area contributed by atoms with Gasteiger partial charge in [-0.3, -0.25) is 0 Å². The average molecular weight is 269 g/mol. The Hall–Kier alpha value is -1.64. The highest BCUT2D eigenvalue weighted by Gasteiger charge is 2.24. The third kappa shape index (κ3) is 2.92. The first-order chi connectivity index (χ1) is 9.54. The monoisotopic (exact) mass is 269 g/mol. The lowest BCUT2D eigenvalue weighted by atomic mass is 9.85. The van der Waals surface area contributed by atoms with Crippen molar-refractivity contribution < 1.29 is 5.11 Å². The molecule has 2 heteroatoms. The van der Waals surface area contributed by atoms with Gasteiger partial charge in [0, 0.05) is 12.5 Å². The molecule has 106 valence electrons. The molecular formula is C18H23NO. The molecule has 3 N–H and O–H groups in total. The van der Waals surface area contributed by atoms with E-state index in [1.807, 2.05) is 30.3 Å². The average Bonchev–Trinajstić information content (AvgIpc) is 2.39. The van der Waals surface area contributed by atoms with Gasteiger partial charge in [0.2, 0.25) is 0 Å². The molecule has 0 aliphatic carbocycles. The standard InChI is InChI=1S/C18H23NO/c1-12-9-13(2)17(14(3)10-12)18(20)16(11-19)15-7-5-4-6-8-15/h4-10,16,18,20H,11,19H2,1-3H3/t16-,18+/m0/s1. The highest BCUT2D eigenvalue weighted by atomic mass is 16.3. The van der Waals surface area contributed by atoms with Crippen LogP contribution in [0.25, 0.3) is 0 Å². The van der Waals surface area contributed by atoms with Crippen LogP contribution >= 0.6 is 0 Å². The predicted octanol–water partition coefficient (Wildman–Crippen LogP) is 3.39. The predicted molar refractivity (Wildman–Crippen MR) is 83.9 cm³/mol. The van der Waals surface area contributed by atoms with E-state index in [4.69, 9.17) is 5.73 Å². The molecule has 2 aromatic rings. The normalized spacial score (nSPS) is 14.1. The number of hydrogen-bond acceptors (Lipinski definition) is 2. The van der Waals surface area contributed by atoms with Crippen molar-refractivity contribution in [3.63, 3.8) is 0 Å². The zero-order valence-electron chi connectivity index (χ0n) is 12.4. The second kappa shape index (κ2) is 6.21. The zero-order chi connectivity index (χ0) is 14.7. The third-order valence-electron chi connectivity index (χ3n) is 3.90. The Morgan fingerprint density at radius 3 is 2.05 bits per heavy atom. The van der Waals surface area contributed by atoms with E-state index in [0.29, 0.717) is 6.54 Å². The first kappa shape index (κ1) is 14.8. The summed E-state index contributed by atoms with van der Waals surface area (Å²) in [5.41, 5.74) is 11.5. The maximum absolute atomic E-state index is 10.8. The largest absolute Gasteiger partial charge is 0.388 e. The van der Waals surface area contributed by atoms with Gasteiger partial charge in [0.25, 0.3) is 0 Å². The second-order valence-corrected chi connectivity index (χ2v) is 5.51. The highest BCUT2D eigenvalue weighted by Crippen LogP contribution is 2.34. The van der Waals surface area contributed by atoms with Crippen LogP contribution in [0.2, 0.25) is 0 Å². The van der Waals surface area contributed by atoms with E-state index in [0.717, 1.165) is 22.3 Å². The van der Waals surface area contributed by atoms with Gasteiger partial charge in [0.15, 0.2) is 0 Å². The molecular weight excluding hydrogens is 246 g/mol. The lowest BCUT2D eigenvalue weighted by molar-refractivity contribution is 0.146. The second-order valence-electron chi connectivity index (χ2n) is 5.51. The van der Waals surface area contributed by atoms with E-state index in [1.54, 1.807) is 0 Å². The molecule has 2 aromatic carbocycles. The summed E-state index contributed by atoms with van der Waals surface area (Å²) in [7, 11) is 0. The molecule has 0 amide bonds. The fraction of sp³-hybridized carbons (Fsp3) is 0.333. The maximum atomic E-state index is 10.8. The first-order valence-corrected chi connectivity index (χ1v) is 7.05. The first-order valence-electron chi connectivity index (χ1n) is 7.05. The zero-order valence-corrected chi connectivity index (χ0v) is 12.4. The van der Waals surface area contributed by atoms with Gasteiger partial charge in [0.05, 0.1) is 6.10 Å². The van der Waals surface area contributed by atoms with Crippen molar-refractivity contribution in [2.24, 2.45) is 5.73 Å². The third-order valence-corrected chi connectivity index (χ3v) is 3.90. The molecule has 2 nitrogen and oxygen atoms in total. The van der Waals surface area contributed by atoms with E-state index >= 15 is 0 Å². The van der Waals surface area contributed by atoms with Gasteiger partial charge in [-0.1, -0.05) is 48.0 Å². The lowest BCUT2D eigenvalue weighted by Gasteiger charge is -2.25. The maximum Gasteiger partial charge on any atom is 0.0875 e. The van der Waals surface area contributed by atoms with Crippen molar-refractivity contribution >= 4 is 0 Å². The quantitative estimate of drug-likeness (QED) is 0.893. The molecule has 2 atom stereocenters. The number of aryl methyl sites for hydroxylation is 3. The van der Waals surface area contributed by atoms with Crippen LogP contribution in [-0.4, -0.2) is 11.7 Å². The van der Waals surface area contributed by atoms with Crippen LogP contribution in [0.3, 0.4) is 0 Å². The van der Waals surface area contributed by atoms with Crippen molar-refractivity contribution in [3.05, 3.63) is 70.3 Å². The summed E-state index contributed by atoms with van der Waals surface area (Å²) in [6.45, 7) is 6.61. The summed E-state index contributed by atoms with van der Waals surface area (Å²) in [5.74, 6) is -0.0729. The van der Waals surface area contributed by atoms with E-state index in [2.05, 4.69) is 32.9 Å². The van der Waals surface area contributed by atoms with E-state index in [1.165, 1.54) is 5.56 Å². The van der Waals surface area contributed by atoms with Crippen LogP contribution in [0, 0.1) is 20.8 Å². The number of aliphatic hydroxyl groups is 1. The van der Waals surface area contributed by atoms with Crippen molar-refractivity contribution in [1.29, 1.82) is 0 Å². The minimum absolute atomic E-state index is 0.0729. The summed E-state index contributed by atoms with van der Waals surface area (Å²) >= 11 is 0. The summed E-state index contributed by atoms with van der Waals surface area (Å²) in [5, 5.41) is 10.8. The molecule has 20 heavy (non-hydrogen) atoms. The van der Waals surface area contributed by atoms with Gasteiger partial charge in [-0.15, -0.1) is 0 Å². The molecule has 0 bridgehead atoms. The Bertz CT molecular complexity index is 554. The topological polar surface area (TPSA) is 46.2 Å². The van der Waals surface area contributed by atoms with Crippen molar-refractivity contribution in [2.75, 3.05) is 6.54 Å². The van der Waals surface area contributed by atoms with E-state index in [-0.39, 0.29) is 5.92 Å². The molecule has 0 fully saturated rings. The molecule has 0 saturated carbocycles. The SMILES string of the molecule is Cc1cc(C)c([C@H](O)[C@@H](CN)c2ccccc2)c(C)c1. The minimum atomic E-state index is -0.567. The number of hydrogen-bond donors (Lipinski definition) is 2. The van der Waals surface area contributed by atoms with Crippen LogP contribution in [0.15, 0.2) is 42.5 Å². The van der Waals surface area contributed by atoms with Gasteiger partial charge in [-0.2, -0.15) is 0 Å². The van der Waals surface area contributed by atoms with Crippen LogP contribution in [0.4, 0.5) is 0 Å². The summed E-state index contributed by atoms with van der Waals surface area (Å²) in [6, 6.07) is 14.2. The number of nitrogens with two attached hydrogens (primary N) is 1. The molecule has 0 heterocycles. The van der Waals surface area contributed by atoms with Gasteiger partial charge >= 0.3 is 0 Å². The Morgan fingerprint density at radius 2 is 1.55 bits per heavy atom.